The molecule has 2 aromatic heterocycles. The molecule has 1 N–H and O–H groups in total. The molecule has 0 aliphatic carbocycles. The summed E-state index contributed by atoms with van der Waals surface area (Å²) in [4.78, 5) is 22.2. The Morgan fingerprint density at radius 2 is 2.13 bits per heavy atom. The Kier molecular flexibility index (Phi) is 5.70. The molecule has 1 aromatic carbocycles. The Morgan fingerprint density at radius 1 is 1.29 bits per heavy atom. The lowest BCUT2D eigenvalue weighted by Gasteiger charge is -2.29. The summed E-state index contributed by atoms with van der Waals surface area (Å²) in [5.41, 5.74) is 1.67. The molecule has 0 saturated heterocycles. The monoisotopic (exact) mass is 443 g/mol. The number of anilines is 1. The maximum atomic E-state index is 12.9. The van der Waals surface area contributed by atoms with Gasteiger partial charge < -0.3 is 9.26 Å². The Labute approximate surface area is 179 Å². The molecule has 4 rings (SSSR count). The first-order valence-corrected chi connectivity index (χ1v) is 11.1. The van der Waals surface area contributed by atoms with E-state index in [9.17, 15) is 13.2 Å². The molecule has 0 saturated carbocycles. The molecular formula is C20H21N5O5S. The van der Waals surface area contributed by atoms with Crippen molar-refractivity contribution in [3.8, 4) is 5.75 Å². The van der Waals surface area contributed by atoms with Crippen LogP contribution in [0.5, 0.6) is 5.75 Å². The van der Waals surface area contributed by atoms with Crippen LogP contribution in [0.3, 0.4) is 0 Å². The number of carbonyl (C=O) groups excluding carboxylic acids is 1. The van der Waals surface area contributed by atoms with Gasteiger partial charge in [0, 0.05) is 31.4 Å². The zero-order valence-corrected chi connectivity index (χ0v) is 17.8. The zero-order chi connectivity index (χ0) is 22.0. The number of rotatable bonds is 7. The van der Waals surface area contributed by atoms with Gasteiger partial charge in [0.2, 0.25) is 15.9 Å². The van der Waals surface area contributed by atoms with Gasteiger partial charge in [-0.25, -0.2) is 13.1 Å². The largest absolute Gasteiger partial charge is 0.482 e. The summed E-state index contributed by atoms with van der Waals surface area (Å²) < 4.78 is 39.0. The predicted molar refractivity (Wildman–Crippen MR) is 110 cm³/mol. The highest BCUT2D eigenvalue weighted by molar-refractivity contribution is 7.89. The molecule has 1 aliphatic rings. The summed E-state index contributed by atoms with van der Waals surface area (Å²) in [6.07, 6.45) is 3.80. The number of nitrogens with zero attached hydrogens (tertiary/aromatic N) is 4. The highest BCUT2D eigenvalue weighted by Crippen LogP contribution is 2.37. The van der Waals surface area contributed by atoms with E-state index in [1.807, 2.05) is 6.92 Å². The van der Waals surface area contributed by atoms with E-state index >= 15 is 0 Å². The summed E-state index contributed by atoms with van der Waals surface area (Å²) in [6.45, 7) is 3.55. The molecule has 1 amide bonds. The van der Waals surface area contributed by atoms with Crippen LogP contribution >= 0.6 is 0 Å². The number of sulfonamides is 1. The molecule has 3 heterocycles. The van der Waals surface area contributed by atoms with Crippen molar-refractivity contribution in [2.24, 2.45) is 0 Å². The Morgan fingerprint density at radius 3 is 2.84 bits per heavy atom. The minimum atomic E-state index is -3.81. The van der Waals surface area contributed by atoms with Crippen LogP contribution in [0.25, 0.3) is 0 Å². The van der Waals surface area contributed by atoms with Crippen LogP contribution in [-0.2, 0) is 34.3 Å². The Hall–Kier alpha value is -3.31. The van der Waals surface area contributed by atoms with Crippen LogP contribution in [0.15, 0.2) is 46.1 Å². The van der Waals surface area contributed by atoms with Gasteiger partial charge in [0.15, 0.2) is 12.4 Å². The molecule has 31 heavy (non-hydrogen) atoms. The summed E-state index contributed by atoms with van der Waals surface area (Å²) in [5, 5.41) is 3.89. The third-order valence-corrected chi connectivity index (χ3v) is 6.33. The summed E-state index contributed by atoms with van der Waals surface area (Å²) >= 11 is 0. The SMILES string of the molecule is CCc1nc(CN2C(=O)COc3cc(S(=O)(=O)NCc4cccnc4)c(C)cc32)no1. The van der Waals surface area contributed by atoms with E-state index in [1.165, 1.54) is 11.0 Å². The van der Waals surface area contributed by atoms with Gasteiger partial charge in [0.25, 0.3) is 5.91 Å². The number of carbonyl (C=O) groups is 1. The standard InChI is InChI=1S/C20H21N5O5S/c1-3-19-23-18(24-30-19)11-25-15-7-13(2)17(8-16(15)29-12-20(25)26)31(27,28)22-10-14-5-4-6-21-9-14/h4-9,22H,3,10-12H2,1-2H3. The van der Waals surface area contributed by atoms with Gasteiger partial charge >= 0.3 is 0 Å². The third kappa shape index (κ3) is 4.42. The lowest BCUT2D eigenvalue weighted by molar-refractivity contribution is -0.121. The van der Waals surface area contributed by atoms with E-state index in [4.69, 9.17) is 9.26 Å². The third-order valence-electron chi connectivity index (χ3n) is 4.79. The first-order chi connectivity index (χ1) is 14.9. The second kappa shape index (κ2) is 8.44. The number of fused-ring (bicyclic) bond motifs is 1. The number of hydrogen-bond acceptors (Lipinski definition) is 8. The Balaban J connectivity index is 1.61. The maximum Gasteiger partial charge on any atom is 0.265 e. The van der Waals surface area contributed by atoms with E-state index in [0.29, 0.717) is 35.1 Å². The maximum absolute atomic E-state index is 12.9. The van der Waals surface area contributed by atoms with Gasteiger partial charge in [0.05, 0.1) is 17.1 Å². The molecule has 0 atom stereocenters. The smallest absolute Gasteiger partial charge is 0.265 e. The van der Waals surface area contributed by atoms with E-state index in [-0.39, 0.29) is 30.5 Å². The number of amides is 1. The van der Waals surface area contributed by atoms with Crippen molar-refractivity contribution in [2.75, 3.05) is 11.5 Å². The Bertz CT molecular complexity index is 1210. The number of nitrogens with one attached hydrogen (secondary N) is 1. The molecule has 162 valence electrons. The normalized spacial score (nSPS) is 13.7. The summed E-state index contributed by atoms with van der Waals surface area (Å²) in [7, 11) is -3.81. The molecule has 0 fully saturated rings. The molecule has 0 radical (unpaired) electrons. The van der Waals surface area contributed by atoms with Crippen LogP contribution in [0.1, 0.15) is 29.8 Å². The molecule has 0 bridgehead atoms. The fourth-order valence-electron chi connectivity index (χ4n) is 3.19. The molecular weight excluding hydrogens is 422 g/mol. The number of aromatic nitrogens is 3. The van der Waals surface area contributed by atoms with Crippen molar-refractivity contribution < 1.29 is 22.5 Å². The molecule has 0 spiro atoms. The van der Waals surface area contributed by atoms with E-state index < -0.39 is 10.0 Å². The van der Waals surface area contributed by atoms with Gasteiger partial charge in [-0.05, 0) is 30.2 Å². The quantitative estimate of drug-likeness (QED) is 0.585. The first kappa shape index (κ1) is 20.9. The van der Waals surface area contributed by atoms with Crippen molar-refractivity contribution >= 4 is 21.6 Å². The topological polar surface area (TPSA) is 128 Å². The van der Waals surface area contributed by atoms with Crippen molar-refractivity contribution in [1.82, 2.24) is 19.8 Å². The van der Waals surface area contributed by atoms with Crippen molar-refractivity contribution in [3.63, 3.8) is 0 Å². The van der Waals surface area contributed by atoms with E-state index in [0.717, 1.165) is 5.56 Å². The first-order valence-electron chi connectivity index (χ1n) is 9.65. The van der Waals surface area contributed by atoms with Crippen LogP contribution in [0.4, 0.5) is 5.69 Å². The van der Waals surface area contributed by atoms with Gasteiger partial charge in [0.1, 0.15) is 5.75 Å². The van der Waals surface area contributed by atoms with Gasteiger partial charge in [-0.1, -0.05) is 18.1 Å². The second-order valence-corrected chi connectivity index (χ2v) is 8.73. The van der Waals surface area contributed by atoms with E-state index in [2.05, 4.69) is 19.8 Å². The minimum Gasteiger partial charge on any atom is -0.482 e. The fourth-order valence-corrected chi connectivity index (χ4v) is 4.45. The predicted octanol–water partition coefficient (Wildman–Crippen LogP) is 1.74. The summed E-state index contributed by atoms with van der Waals surface area (Å²) in [6, 6.07) is 6.57. The van der Waals surface area contributed by atoms with E-state index in [1.54, 1.807) is 37.5 Å². The molecule has 11 heteroatoms. The lowest BCUT2D eigenvalue weighted by atomic mass is 10.1. The summed E-state index contributed by atoms with van der Waals surface area (Å²) in [5.74, 6) is 0.866. The molecule has 1 aliphatic heterocycles. The molecule has 3 aromatic rings. The van der Waals surface area contributed by atoms with Gasteiger partial charge in [-0.3, -0.25) is 14.7 Å². The number of benzene rings is 1. The number of aryl methyl sites for hydroxylation is 2. The van der Waals surface area contributed by atoms with Crippen LogP contribution in [0.2, 0.25) is 0 Å². The highest BCUT2D eigenvalue weighted by Gasteiger charge is 2.30. The lowest BCUT2D eigenvalue weighted by Crippen LogP contribution is -2.38. The van der Waals surface area contributed by atoms with Crippen molar-refractivity contribution in [1.29, 1.82) is 0 Å². The molecule has 10 nitrogen and oxygen atoms in total. The number of ether oxygens (including phenoxy) is 1. The second-order valence-electron chi connectivity index (χ2n) is 7.00. The van der Waals surface area contributed by atoms with Crippen LogP contribution in [0, 0.1) is 6.92 Å². The van der Waals surface area contributed by atoms with Crippen LogP contribution in [-0.4, -0.2) is 36.1 Å². The highest BCUT2D eigenvalue weighted by atomic mass is 32.2. The van der Waals surface area contributed by atoms with Crippen molar-refractivity contribution in [3.05, 3.63) is 59.5 Å². The molecule has 0 unspecified atom stereocenters. The average molecular weight is 443 g/mol. The number of hydrogen-bond donors (Lipinski definition) is 1. The van der Waals surface area contributed by atoms with Crippen LogP contribution < -0.4 is 14.4 Å². The fraction of sp³-hybridized carbons (Fsp3) is 0.300. The van der Waals surface area contributed by atoms with Gasteiger partial charge in [-0.2, -0.15) is 4.98 Å². The minimum absolute atomic E-state index is 0.0808. The van der Waals surface area contributed by atoms with Crippen molar-refractivity contribution in [2.45, 2.75) is 38.3 Å². The number of pyridine rings is 1. The zero-order valence-electron chi connectivity index (χ0n) is 17.0. The van der Waals surface area contributed by atoms with Gasteiger partial charge in [-0.15, -0.1) is 0 Å². The average Bonchev–Trinajstić information content (AvgIpc) is 3.23.